The number of rotatable bonds is 5. The Hall–Kier alpha value is -1.62. The molecule has 0 aliphatic heterocycles. The number of thiophene rings is 1. The van der Waals surface area contributed by atoms with Gasteiger partial charge in [-0.15, -0.1) is 11.3 Å². The number of nitrogens with zero attached hydrogens (tertiary/aromatic N) is 1. The number of carbonyl (C=O) groups excluding carboxylic acids is 1. The van der Waals surface area contributed by atoms with E-state index in [2.05, 4.69) is 24.1 Å². The molecule has 0 aromatic carbocycles. The SMILES string of the molecule is CCC(CC)CNC(=O)c1sc2nc(C)ccc2c1N. The van der Waals surface area contributed by atoms with Gasteiger partial charge in [-0.1, -0.05) is 26.7 Å². The summed E-state index contributed by atoms with van der Waals surface area (Å²) in [5.41, 5.74) is 7.55. The van der Waals surface area contributed by atoms with Gasteiger partial charge in [-0.25, -0.2) is 4.98 Å². The van der Waals surface area contributed by atoms with Crippen molar-refractivity contribution in [3.63, 3.8) is 0 Å². The van der Waals surface area contributed by atoms with Gasteiger partial charge in [0.2, 0.25) is 0 Å². The molecular weight excluding hydrogens is 270 g/mol. The Balaban J connectivity index is 2.20. The largest absolute Gasteiger partial charge is 0.397 e. The van der Waals surface area contributed by atoms with E-state index in [0.717, 1.165) is 28.8 Å². The maximum Gasteiger partial charge on any atom is 0.263 e. The Morgan fingerprint density at radius 1 is 1.40 bits per heavy atom. The van der Waals surface area contributed by atoms with Gasteiger partial charge in [0.25, 0.3) is 5.91 Å². The summed E-state index contributed by atoms with van der Waals surface area (Å²) in [5, 5.41) is 3.85. The summed E-state index contributed by atoms with van der Waals surface area (Å²) in [7, 11) is 0. The van der Waals surface area contributed by atoms with Crippen molar-refractivity contribution in [3.05, 3.63) is 22.7 Å². The first-order chi connectivity index (χ1) is 9.56. The normalized spacial score (nSPS) is 11.2. The highest BCUT2D eigenvalue weighted by atomic mass is 32.1. The van der Waals surface area contributed by atoms with Crippen LogP contribution < -0.4 is 11.1 Å². The van der Waals surface area contributed by atoms with E-state index < -0.39 is 0 Å². The Labute approximate surface area is 123 Å². The summed E-state index contributed by atoms with van der Waals surface area (Å²) in [6.45, 7) is 6.91. The molecule has 0 aliphatic rings. The van der Waals surface area contributed by atoms with Crippen LogP contribution >= 0.6 is 11.3 Å². The number of aromatic nitrogens is 1. The predicted octanol–water partition coefficient (Wildman–Crippen LogP) is 3.35. The lowest BCUT2D eigenvalue weighted by Gasteiger charge is -2.12. The second-order valence-electron chi connectivity index (χ2n) is 5.04. The van der Waals surface area contributed by atoms with Crippen LogP contribution in [0.4, 0.5) is 5.69 Å². The highest BCUT2D eigenvalue weighted by Gasteiger charge is 2.17. The number of nitrogens with two attached hydrogens (primary N) is 1. The lowest BCUT2D eigenvalue weighted by molar-refractivity contribution is 0.0951. The van der Waals surface area contributed by atoms with Crippen LogP contribution in [0.3, 0.4) is 0 Å². The van der Waals surface area contributed by atoms with Crippen LogP contribution in [0.1, 0.15) is 42.1 Å². The van der Waals surface area contributed by atoms with Gasteiger partial charge in [0.05, 0.1) is 5.69 Å². The zero-order valence-corrected chi connectivity index (χ0v) is 13.0. The molecule has 4 nitrogen and oxygen atoms in total. The molecule has 0 saturated carbocycles. The Bertz CT molecular complexity index is 617. The first-order valence-corrected chi connectivity index (χ1v) is 7.82. The number of carbonyl (C=O) groups is 1. The Morgan fingerprint density at radius 2 is 2.10 bits per heavy atom. The van der Waals surface area contributed by atoms with Gasteiger partial charge in [-0.05, 0) is 25.0 Å². The van der Waals surface area contributed by atoms with E-state index in [1.54, 1.807) is 0 Å². The van der Waals surface area contributed by atoms with Crippen molar-refractivity contribution in [2.75, 3.05) is 12.3 Å². The number of aryl methyl sites for hydroxylation is 1. The first kappa shape index (κ1) is 14.8. The van der Waals surface area contributed by atoms with Crippen LogP contribution in [0.15, 0.2) is 12.1 Å². The van der Waals surface area contributed by atoms with Crippen molar-refractivity contribution >= 4 is 33.1 Å². The van der Waals surface area contributed by atoms with Crippen LogP contribution in [0.2, 0.25) is 0 Å². The maximum atomic E-state index is 12.2. The summed E-state index contributed by atoms with van der Waals surface area (Å²) in [6, 6.07) is 3.85. The Kier molecular flexibility index (Phi) is 4.60. The van der Waals surface area contributed by atoms with Gasteiger partial charge >= 0.3 is 0 Å². The fraction of sp³-hybridized carbons (Fsp3) is 0.467. The molecule has 2 aromatic heterocycles. The fourth-order valence-corrected chi connectivity index (χ4v) is 3.21. The molecule has 108 valence electrons. The van der Waals surface area contributed by atoms with Crippen LogP contribution in [0.25, 0.3) is 10.2 Å². The van der Waals surface area contributed by atoms with E-state index in [1.807, 2.05) is 19.1 Å². The summed E-state index contributed by atoms with van der Waals surface area (Å²) in [6.07, 6.45) is 2.14. The highest BCUT2D eigenvalue weighted by molar-refractivity contribution is 7.21. The number of pyridine rings is 1. The number of nitrogens with one attached hydrogen (secondary N) is 1. The summed E-state index contributed by atoms with van der Waals surface area (Å²) in [4.78, 5) is 18.1. The lowest BCUT2D eigenvalue weighted by Crippen LogP contribution is -2.28. The lowest BCUT2D eigenvalue weighted by atomic mass is 10.0. The Morgan fingerprint density at radius 3 is 2.75 bits per heavy atom. The van der Waals surface area contributed by atoms with Crippen LogP contribution in [-0.2, 0) is 0 Å². The topological polar surface area (TPSA) is 68.0 Å². The van der Waals surface area contributed by atoms with Gasteiger partial charge in [0, 0.05) is 17.6 Å². The monoisotopic (exact) mass is 291 g/mol. The number of hydrogen-bond donors (Lipinski definition) is 2. The van der Waals surface area contributed by atoms with Crippen LogP contribution in [0, 0.1) is 12.8 Å². The van der Waals surface area contributed by atoms with Crippen molar-refractivity contribution < 1.29 is 4.79 Å². The molecule has 20 heavy (non-hydrogen) atoms. The molecule has 2 heterocycles. The quantitative estimate of drug-likeness (QED) is 0.887. The zero-order valence-electron chi connectivity index (χ0n) is 12.2. The summed E-state index contributed by atoms with van der Waals surface area (Å²) in [5.74, 6) is 0.435. The van der Waals surface area contributed by atoms with Crippen molar-refractivity contribution in [3.8, 4) is 0 Å². The van der Waals surface area contributed by atoms with E-state index in [1.165, 1.54) is 11.3 Å². The van der Waals surface area contributed by atoms with E-state index in [-0.39, 0.29) is 5.91 Å². The number of anilines is 1. The number of amides is 1. The number of nitrogen functional groups attached to an aromatic ring is 1. The molecule has 0 spiro atoms. The van der Waals surface area contributed by atoms with E-state index >= 15 is 0 Å². The van der Waals surface area contributed by atoms with Gasteiger partial charge in [0.15, 0.2) is 0 Å². The van der Waals surface area contributed by atoms with Gasteiger partial charge in [0.1, 0.15) is 9.71 Å². The molecule has 2 rings (SSSR count). The zero-order chi connectivity index (χ0) is 14.7. The molecule has 5 heteroatoms. The summed E-state index contributed by atoms with van der Waals surface area (Å²) < 4.78 is 0. The predicted molar refractivity (Wildman–Crippen MR) is 85.2 cm³/mol. The van der Waals surface area contributed by atoms with E-state index in [0.29, 0.717) is 23.0 Å². The highest BCUT2D eigenvalue weighted by Crippen LogP contribution is 2.32. The molecule has 2 aromatic rings. The second-order valence-corrected chi connectivity index (χ2v) is 6.04. The van der Waals surface area contributed by atoms with Gasteiger partial charge < -0.3 is 11.1 Å². The maximum absolute atomic E-state index is 12.2. The minimum Gasteiger partial charge on any atom is -0.397 e. The number of hydrogen-bond acceptors (Lipinski definition) is 4. The standard InChI is InChI=1S/C15H21N3OS/c1-4-10(5-2)8-17-14(19)13-12(16)11-7-6-9(3)18-15(11)20-13/h6-7,10H,4-5,8,16H2,1-3H3,(H,17,19). The first-order valence-electron chi connectivity index (χ1n) is 7.00. The molecule has 0 fully saturated rings. The molecule has 0 aliphatic carbocycles. The molecule has 0 atom stereocenters. The molecular formula is C15H21N3OS. The second kappa shape index (κ2) is 6.22. The third-order valence-electron chi connectivity index (χ3n) is 3.65. The molecule has 0 unspecified atom stereocenters. The van der Waals surface area contributed by atoms with Crippen molar-refractivity contribution in [2.45, 2.75) is 33.6 Å². The van der Waals surface area contributed by atoms with Gasteiger partial charge in [-0.3, -0.25) is 4.79 Å². The van der Waals surface area contributed by atoms with E-state index in [4.69, 9.17) is 5.73 Å². The average molecular weight is 291 g/mol. The van der Waals surface area contributed by atoms with Crippen LogP contribution in [-0.4, -0.2) is 17.4 Å². The molecule has 0 bridgehead atoms. The molecule has 0 radical (unpaired) electrons. The minimum absolute atomic E-state index is 0.0879. The van der Waals surface area contributed by atoms with Crippen molar-refractivity contribution in [1.82, 2.24) is 10.3 Å². The molecule has 1 amide bonds. The molecule has 3 N–H and O–H groups in total. The fourth-order valence-electron chi connectivity index (χ4n) is 2.15. The van der Waals surface area contributed by atoms with Crippen LogP contribution in [0.5, 0.6) is 0 Å². The van der Waals surface area contributed by atoms with Crippen molar-refractivity contribution in [1.29, 1.82) is 0 Å². The van der Waals surface area contributed by atoms with E-state index in [9.17, 15) is 4.79 Å². The average Bonchev–Trinajstić information content (AvgIpc) is 2.76. The smallest absolute Gasteiger partial charge is 0.263 e. The third kappa shape index (κ3) is 2.93. The molecule has 0 saturated heterocycles. The van der Waals surface area contributed by atoms with Gasteiger partial charge in [-0.2, -0.15) is 0 Å². The minimum atomic E-state index is -0.0879. The van der Waals surface area contributed by atoms with Crippen molar-refractivity contribution in [2.24, 2.45) is 5.92 Å². The summed E-state index contributed by atoms with van der Waals surface area (Å²) >= 11 is 1.36. The number of fused-ring (bicyclic) bond motifs is 1. The third-order valence-corrected chi connectivity index (χ3v) is 4.76.